The van der Waals surface area contributed by atoms with Crippen LogP contribution >= 0.6 is 0 Å². The average Bonchev–Trinajstić information content (AvgIpc) is 3.05. The lowest BCUT2D eigenvalue weighted by molar-refractivity contribution is 0.250. The third-order valence-corrected chi connectivity index (χ3v) is 5.39. The minimum absolute atomic E-state index is 0.925. The van der Waals surface area contributed by atoms with Crippen LogP contribution in [0.5, 0.6) is 5.75 Å². The molecular formula is C22H27N3O. The summed E-state index contributed by atoms with van der Waals surface area (Å²) < 4.78 is 5.36. The zero-order valence-electron chi connectivity index (χ0n) is 15.9. The molecule has 0 aliphatic carbocycles. The summed E-state index contributed by atoms with van der Waals surface area (Å²) in [6, 6.07) is 12.9. The molecule has 4 nitrogen and oxygen atoms in total. The first kappa shape index (κ1) is 17.0. The Labute approximate surface area is 155 Å². The van der Waals surface area contributed by atoms with E-state index in [9.17, 15) is 0 Å². The zero-order chi connectivity index (χ0) is 18.1. The van der Waals surface area contributed by atoms with Crippen LogP contribution in [0.2, 0.25) is 0 Å². The molecule has 136 valence electrons. The number of H-pyrrole nitrogens is 1. The first-order valence-electron chi connectivity index (χ1n) is 9.32. The van der Waals surface area contributed by atoms with Gasteiger partial charge in [0.15, 0.2) is 0 Å². The molecule has 26 heavy (non-hydrogen) atoms. The summed E-state index contributed by atoms with van der Waals surface area (Å²) in [7, 11) is 1.72. The summed E-state index contributed by atoms with van der Waals surface area (Å²) in [6.07, 6.45) is 2.19. The summed E-state index contributed by atoms with van der Waals surface area (Å²) >= 11 is 0. The van der Waals surface area contributed by atoms with Crippen LogP contribution in [0, 0.1) is 13.8 Å². The first-order chi connectivity index (χ1) is 12.6. The Morgan fingerprint density at radius 2 is 1.85 bits per heavy atom. The molecule has 1 fully saturated rings. The van der Waals surface area contributed by atoms with Crippen molar-refractivity contribution < 1.29 is 4.74 Å². The van der Waals surface area contributed by atoms with Crippen molar-refractivity contribution in [1.82, 2.24) is 9.88 Å². The molecule has 0 radical (unpaired) electrons. The highest BCUT2D eigenvalue weighted by Gasteiger charge is 2.19. The van der Waals surface area contributed by atoms with E-state index in [1.807, 2.05) is 6.07 Å². The normalized spacial score (nSPS) is 15.6. The van der Waals surface area contributed by atoms with Crippen molar-refractivity contribution in [3.8, 4) is 5.75 Å². The van der Waals surface area contributed by atoms with Crippen molar-refractivity contribution in [3.63, 3.8) is 0 Å². The SMILES string of the molecule is COc1cccc(N2CCN(Cc3c[nH]c4cc(C)cc(C)c34)CC2)c1. The second kappa shape index (κ2) is 7.04. The van der Waals surface area contributed by atoms with Gasteiger partial charge in [0.1, 0.15) is 5.75 Å². The molecule has 4 heteroatoms. The second-order valence-electron chi connectivity index (χ2n) is 7.28. The third kappa shape index (κ3) is 3.29. The lowest BCUT2D eigenvalue weighted by Crippen LogP contribution is -2.45. The number of nitrogens with zero attached hydrogens (tertiary/aromatic N) is 2. The molecule has 3 aromatic rings. The summed E-state index contributed by atoms with van der Waals surface area (Å²) in [5.74, 6) is 0.925. The van der Waals surface area contributed by atoms with Gasteiger partial charge in [-0.3, -0.25) is 4.90 Å². The summed E-state index contributed by atoms with van der Waals surface area (Å²) in [6.45, 7) is 9.64. The lowest BCUT2D eigenvalue weighted by Gasteiger charge is -2.36. The van der Waals surface area contributed by atoms with Crippen LogP contribution in [0.25, 0.3) is 10.9 Å². The predicted octanol–water partition coefficient (Wildman–Crippen LogP) is 4.12. The minimum atomic E-state index is 0.925. The molecular weight excluding hydrogens is 322 g/mol. The van der Waals surface area contributed by atoms with Crippen molar-refractivity contribution in [3.05, 3.63) is 59.3 Å². The van der Waals surface area contributed by atoms with Crippen LogP contribution in [-0.2, 0) is 6.54 Å². The third-order valence-electron chi connectivity index (χ3n) is 5.39. The lowest BCUT2D eigenvalue weighted by atomic mass is 10.0. The predicted molar refractivity (Wildman–Crippen MR) is 108 cm³/mol. The number of aromatic amines is 1. The quantitative estimate of drug-likeness (QED) is 0.769. The molecule has 0 saturated carbocycles. The fourth-order valence-electron chi connectivity index (χ4n) is 4.08. The summed E-state index contributed by atoms with van der Waals surface area (Å²) in [5, 5.41) is 1.39. The molecule has 0 atom stereocenters. The van der Waals surface area contributed by atoms with E-state index in [2.05, 4.69) is 65.2 Å². The van der Waals surface area contributed by atoms with Crippen LogP contribution in [0.15, 0.2) is 42.6 Å². The highest BCUT2D eigenvalue weighted by atomic mass is 16.5. The maximum Gasteiger partial charge on any atom is 0.120 e. The first-order valence-corrected chi connectivity index (χ1v) is 9.32. The Kier molecular flexibility index (Phi) is 4.60. The van der Waals surface area contributed by atoms with Crippen molar-refractivity contribution in [1.29, 1.82) is 0 Å². The molecule has 0 unspecified atom stereocenters. The molecule has 0 spiro atoms. The highest BCUT2D eigenvalue weighted by Crippen LogP contribution is 2.26. The van der Waals surface area contributed by atoms with Gasteiger partial charge >= 0.3 is 0 Å². The number of aryl methyl sites for hydroxylation is 2. The number of ether oxygens (including phenoxy) is 1. The van der Waals surface area contributed by atoms with Crippen molar-refractivity contribution in [2.75, 3.05) is 38.2 Å². The maximum atomic E-state index is 5.36. The Morgan fingerprint density at radius 1 is 1.04 bits per heavy atom. The van der Waals surface area contributed by atoms with Gasteiger partial charge in [0.05, 0.1) is 7.11 Å². The number of methoxy groups -OCH3 is 1. The number of rotatable bonds is 4. The van der Waals surface area contributed by atoms with Gasteiger partial charge in [0, 0.05) is 61.6 Å². The topological polar surface area (TPSA) is 31.5 Å². The molecule has 2 aromatic carbocycles. The Hall–Kier alpha value is -2.46. The van der Waals surface area contributed by atoms with Crippen molar-refractivity contribution >= 4 is 16.6 Å². The van der Waals surface area contributed by atoms with Crippen LogP contribution in [0.4, 0.5) is 5.69 Å². The monoisotopic (exact) mass is 349 g/mol. The van der Waals surface area contributed by atoms with Crippen molar-refractivity contribution in [2.24, 2.45) is 0 Å². The number of aromatic nitrogens is 1. The van der Waals surface area contributed by atoms with Gasteiger partial charge < -0.3 is 14.6 Å². The highest BCUT2D eigenvalue weighted by molar-refractivity contribution is 5.87. The molecule has 1 aliphatic rings. The van der Waals surface area contributed by atoms with E-state index in [1.54, 1.807) is 7.11 Å². The fraction of sp³-hybridized carbons (Fsp3) is 0.364. The van der Waals surface area contributed by atoms with Gasteiger partial charge in [-0.25, -0.2) is 0 Å². The zero-order valence-corrected chi connectivity index (χ0v) is 15.9. The number of nitrogens with one attached hydrogen (secondary N) is 1. The number of fused-ring (bicyclic) bond motifs is 1. The van der Waals surface area contributed by atoms with Gasteiger partial charge in [-0.1, -0.05) is 12.1 Å². The number of hydrogen-bond acceptors (Lipinski definition) is 3. The van der Waals surface area contributed by atoms with E-state index in [1.165, 1.54) is 33.3 Å². The Bertz CT molecular complexity index is 907. The van der Waals surface area contributed by atoms with Crippen LogP contribution in [0.1, 0.15) is 16.7 Å². The number of benzene rings is 2. The van der Waals surface area contributed by atoms with E-state index in [0.29, 0.717) is 0 Å². The molecule has 0 amide bonds. The van der Waals surface area contributed by atoms with Gasteiger partial charge in [-0.05, 0) is 48.7 Å². The van der Waals surface area contributed by atoms with E-state index in [-0.39, 0.29) is 0 Å². The standard InChI is InChI=1S/C22H27N3O/c1-16-11-17(2)22-18(14-23-21(22)12-16)15-24-7-9-25(10-8-24)19-5-4-6-20(13-19)26-3/h4-6,11-14,23H,7-10,15H2,1-3H3. The number of piperazine rings is 1. The molecule has 2 heterocycles. The van der Waals surface area contributed by atoms with Gasteiger partial charge in [-0.2, -0.15) is 0 Å². The van der Waals surface area contributed by atoms with E-state index in [0.717, 1.165) is 38.5 Å². The molecule has 1 aromatic heterocycles. The second-order valence-corrected chi connectivity index (χ2v) is 7.28. The number of anilines is 1. The Morgan fingerprint density at radius 3 is 2.62 bits per heavy atom. The molecule has 1 N–H and O–H groups in total. The van der Waals surface area contributed by atoms with E-state index < -0.39 is 0 Å². The van der Waals surface area contributed by atoms with Gasteiger partial charge in [0.25, 0.3) is 0 Å². The number of hydrogen-bond donors (Lipinski definition) is 1. The van der Waals surface area contributed by atoms with Gasteiger partial charge in [-0.15, -0.1) is 0 Å². The average molecular weight is 349 g/mol. The van der Waals surface area contributed by atoms with Crippen molar-refractivity contribution in [2.45, 2.75) is 20.4 Å². The smallest absolute Gasteiger partial charge is 0.120 e. The summed E-state index contributed by atoms with van der Waals surface area (Å²) in [4.78, 5) is 8.46. The van der Waals surface area contributed by atoms with Gasteiger partial charge in [0.2, 0.25) is 0 Å². The fourth-order valence-corrected chi connectivity index (χ4v) is 4.08. The molecule has 4 rings (SSSR count). The maximum absolute atomic E-state index is 5.36. The van der Waals surface area contributed by atoms with Crippen LogP contribution in [0.3, 0.4) is 0 Å². The van der Waals surface area contributed by atoms with E-state index in [4.69, 9.17) is 4.74 Å². The molecule has 1 saturated heterocycles. The van der Waals surface area contributed by atoms with Crippen LogP contribution < -0.4 is 9.64 Å². The Balaban J connectivity index is 1.44. The van der Waals surface area contributed by atoms with Crippen LogP contribution in [-0.4, -0.2) is 43.2 Å². The summed E-state index contributed by atoms with van der Waals surface area (Å²) in [5.41, 5.74) is 6.60. The largest absolute Gasteiger partial charge is 0.497 e. The molecule has 1 aliphatic heterocycles. The minimum Gasteiger partial charge on any atom is -0.497 e. The molecule has 0 bridgehead atoms. The van der Waals surface area contributed by atoms with E-state index >= 15 is 0 Å².